The number of hydrogen-bond donors (Lipinski definition) is 1. The molecule has 0 spiro atoms. The molecule has 2 heterocycles. The maximum absolute atomic E-state index is 11.7. The third-order valence-electron chi connectivity index (χ3n) is 3.62. The van der Waals surface area contributed by atoms with Crippen molar-refractivity contribution < 1.29 is 13.2 Å². The van der Waals surface area contributed by atoms with E-state index in [9.17, 15) is 13.2 Å². The fourth-order valence-corrected chi connectivity index (χ4v) is 4.26. The number of carbonyl (C=O) groups excluding carboxylic acids is 1. The molecular formula is C13H21N3O3S2. The molecule has 21 heavy (non-hydrogen) atoms. The molecule has 1 fully saturated rings. The summed E-state index contributed by atoms with van der Waals surface area (Å²) >= 11 is 1.71. The molecule has 1 aromatic heterocycles. The third kappa shape index (κ3) is 4.50. The predicted molar refractivity (Wildman–Crippen MR) is 83.4 cm³/mol. The van der Waals surface area contributed by atoms with Gasteiger partial charge in [0.05, 0.1) is 12.2 Å². The first kappa shape index (κ1) is 16.4. The summed E-state index contributed by atoms with van der Waals surface area (Å²) in [6.07, 6.45) is 1.17. The fraction of sp³-hybridized carbons (Fsp3) is 0.615. The van der Waals surface area contributed by atoms with E-state index < -0.39 is 21.8 Å². The second-order valence-electron chi connectivity index (χ2n) is 5.47. The van der Waals surface area contributed by atoms with Crippen molar-refractivity contribution in [2.45, 2.75) is 13.5 Å². The third-order valence-corrected chi connectivity index (χ3v) is 5.87. The van der Waals surface area contributed by atoms with Crippen LogP contribution < -0.4 is 5.73 Å². The normalized spacial score (nSPS) is 22.1. The van der Waals surface area contributed by atoms with E-state index in [4.69, 9.17) is 5.73 Å². The predicted octanol–water partition coefficient (Wildman–Crippen LogP) is 0.235. The van der Waals surface area contributed by atoms with E-state index in [1.807, 2.05) is 6.92 Å². The van der Waals surface area contributed by atoms with Crippen molar-refractivity contribution >= 4 is 27.3 Å². The Bertz CT molecular complexity index is 612. The molecule has 2 N–H and O–H groups in total. The minimum absolute atomic E-state index is 0.175. The fourth-order valence-electron chi connectivity index (χ4n) is 2.47. The van der Waals surface area contributed by atoms with Gasteiger partial charge in [0.15, 0.2) is 0 Å². The van der Waals surface area contributed by atoms with Crippen LogP contribution in [0.3, 0.4) is 0 Å². The summed E-state index contributed by atoms with van der Waals surface area (Å²) in [7, 11) is -3.31. The van der Waals surface area contributed by atoms with Crippen LogP contribution in [0.25, 0.3) is 0 Å². The van der Waals surface area contributed by atoms with Crippen molar-refractivity contribution in [1.29, 1.82) is 0 Å². The maximum atomic E-state index is 11.7. The van der Waals surface area contributed by atoms with Crippen LogP contribution in [0.15, 0.2) is 12.1 Å². The number of hydrogen-bond acceptors (Lipinski definition) is 5. The molecule has 1 aliphatic heterocycles. The molecule has 118 valence electrons. The van der Waals surface area contributed by atoms with Crippen LogP contribution in [0.1, 0.15) is 9.75 Å². The van der Waals surface area contributed by atoms with Gasteiger partial charge >= 0.3 is 0 Å². The Morgan fingerprint density at radius 1 is 1.38 bits per heavy atom. The molecule has 6 nitrogen and oxygen atoms in total. The van der Waals surface area contributed by atoms with E-state index in [-0.39, 0.29) is 6.54 Å². The van der Waals surface area contributed by atoms with Crippen LogP contribution in [0, 0.1) is 12.8 Å². The van der Waals surface area contributed by atoms with Crippen molar-refractivity contribution in [3.63, 3.8) is 0 Å². The SMILES string of the molecule is Cc1ccc(CN2CCN(S(C)(=O)=O)CC(C(N)=O)C2)s1. The molecule has 0 radical (unpaired) electrons. The van der Waals surface area contributed by atoms with E-state index in [0.717, 1.165) is 6.54 Å². The molecule has 1 atom stereocenters. The minimum Gasteiger partial charge on any atom is -0.369 e. The van der Waals surface area contributed by atoms with Gasteiger partial charge in [0, 0.05) is 42.5 Å². The Morgan fingerprint density at radius 2 is 2.10 bits per heavy atom. The second-order valence-corrected chi connectivity index (χ2v) is 8.82. The Hall–Kier alpha value is -0.960. The molecule has 0 bridgehead atoms. The zero-order chi connectivity index (χ0) is 15.6. The molecule has 8 heteroatoms. The molecule has 1 amide bonds. The van der Waals surface area contributed by atoms with Gasteiger partial charge in [-0.15, -0.1) is 11.3 Å². The summed E-state index contributed by atoms with van der Waals surface area (Å²) in [4.78, 5) is 16.1. The Balaban J connectivity index is 2.12. The first-order valence-corrected chi connectivity index (χ1v) is 9.44. The monoisotopic (exact) mass is 331 g/mol. The number of nitrogens with two attached hydrogens (primary N) is 1. The Labute approximate surface area is 129 Å². The number of aryl methyl sites for hydroxylation is 1. The van der Waals surface area contributed by atoms with Crippen LogP contribution >= 0.6 is 11.3 Å². The lowest BCUT2D eigenvalue weighted by atomic mass is 10.1. The minimum atomic E-state index is -3.31. The first-order valence-electron chi connectivity index (χ1n) is 6.78. The van der Waals surface area contributed by atoms with Gasteiger partial charge in [-0.25, -0.2) is 12.7 Å². The number of thiophene rings is 1. The summed E-state index contributed by atoms with van der Waals surface area (Å²) in [5, 5.41) is 0. The summed E-state index contributed by atoms with van der Waals surface area (Å²) in [5.41, 5.74) is 5.42. The molecule has 2 rings (SSSR count). The van der Waals surface area contributed by atoms with E-state index in [2.05, 4.69) is 17.0 Å². The molecule has 1 unspecified atom stereocenters. The van der Waals surface area contributed by atoms with E-state index in [1.165, 1.54) is 20.3 Å². The van der Waals surface area contributed by atoms with Gasteiger partial charge in [0.1, 0.15) is 0 Å². The Kier molecular flexibility index (Phi) is 5.03. The lowest BCUT2D eigenvalue weighted by molar-refractivity contribution is -0.122. The highest BCUT2D eigenvalue weighted by Gasteiger charge is 2.30. The van der Waals surface area contributed by atoms with Gasteiger partial charge < -0.3 is 5.73 Å². The highest BCUT2D eigenvalue weighted by atomic mass is 32.2. The van der Waals surface area contributed by atoms with Crippen LogP contribution in [-0.4, -0.2) is 56.0 Å². The Morgan fingerprint density at radius 3 is 2.62 bits per heavy atom. The zero-order valence-corrected chi connectivity index (χ0v) is 13.9. The van der Waals surface area contributed by atoms with Crippen LogP contribution in [0.4, 0.5) is 0 Å². The van der Waals surface area contributed by atoms with Crippen molar-refractivity contribution in [1.82, 2.24) is 9.21 Å². The molecule has 1 aromatic rings. The summed E-state index contributed by atoms with van der Waals surface area (Å²) in [6.45, 7) is 4.45. The zero-order valence-electron chi connectivity index (χ0n) is 12.3. The largest absolute Gasteiger partial charge is 0.369 e. The molecular weight excluding hydrogens is 310 g/mol. The summed E-state index contributed by atoms with van der Waals surface area (Å²) < 4.78 is 24.8. The highest BCUT2D eigenvalue weighted by molar-refractivity contribution is 7.88. The number of amides is 1. The molecule has 1 saturated heterocycles. The first-order chi connectivity index (χ1) is 9.75. The van der Waals surface area contributed by atoms with E-state index in [0.29, 0.717) is 19.6 Å². The molecule has 0 saturated carbocycles. The van der Waals surface area contributed by atoms with Crippen molar-refractivity contribution in [2.75, 3.05) is 32.4 Å². The van der Waals surface area contributed by atoms with Gasteiger partial charge in [0.2, 0.25) is 15.9 Å². The number of primary amides is 1. The van der Waals surface area contributed by atoms with Crippen LogP contribution in [0.5, 0.6) is 0 Å². The lowest BCUT2D eigenvalue weighted by Crippen LogP contribution is -2.40. The number of sulfonamides is 1. The second kappa shape index (κ2) is 6.43. The van der Waals surface area contributed by atoms with E-state index >= 15 is 0 Å². The summed E-state index contributed by atoms with van der Waals surface area (Å²) in [6, 6.07) is 4.13. The maximum Gasteiger partial charge on any atom is 0.223 e. The quantitative estimate of drug-likeness (QED) is 0.856. The highest BCUT2D eigenvalue weighted by Crippen LogP contribution is 2.20. The van der Waals surface area contributed by atoms with Crippen molar-refractivity contribution in [3.05, 3.63) is 21.9 Å². The van der Waals surface area contributed by atoms with Gasteiger partial charge in [-0.1, -0.05) is 0 Å². The van der Waals surface area contributed by atoms with E-state index in [1.54, 1.807) is 11.3 Å². The van der Waals surface area contributed by atoms with Crippen LogP contribution in [0.2, 0.25) is 0 Å². The lowest BCUT2D eigenvalue weighted by Gasteiger charge is -2.21. The standard InChI is InChI=1S/C13H21N3O3S2/c1-10-3-4-12(20-10)9-15-5-6-16(21(2,18)19)8-11(7-15)13(14)17/h3-4,11H,5-9H2,1-2H3,(H2,14,17). The number of carbonyl (C=O) groups is 1. The van der Waals surface area contributed by atoms with Crippen molar-refractivity contribution in [3.8, 4) is 0 Å². The molecule has 0 aromatic carbocycles. The summed E-state index contributed by atoms with van der Waals surface area (Å²) in [5.74, 6) is -0.916. The molecule has 0 aliphatic carbocycles. The van der Waals surface area contributed by atoms with Gasteiger partial charge in [-0.2, -0.15) is 0 Å². The van der Waals surface area contributed by atoms with Gasteiger partial charge in [-0.05, 0) is 19.1 Å². The van der Waals surface area contributed by atoms with Crippen molar-refractivity contribution in [2.24, 2.45) is 11.7 Å². The van der Waals surface area contributed by atoms with Crippen LogP contribution in [-0.2, 0) is 21.4 Å². The number of rotatable bonds is 4. The average Bonchev–Trinajstić information content (AvgIpc) is 2.63. The smallest absolute Gasteiger partial charge is 0.223 e. The molecule has 1 aliphatic rings. The van der Waals surface area contributed by atoms with Gasteiger partial charge in [-0.3, -0.25) is 9.69 Å². The number of nitrogens with zero attached hydrogens (tertiary/aromatic N) is 2. The average molecular weight is 331 g/mol. The van der Waals surface area contributed by atoms with Gasteiger partial charge in [0.25, 0.3) is 0 Å². The topological polar surface area (TPSA) is 83.7 Å².